The molecule has 0 saturated carbocycles. The van der Waals surface area contributed by atoms with Crippen LogP contribution < -0.4 is 4.74 Å². The standard InChI is InChI=1S/C16H22O4/c17-16(20-13-15-9-4-5-11-19-15)10-6-12-18-14-7-2-1-3-8-14/h1-3,7-8,15H,4-6,9-13H2. The smallest absolute Gasteiger partial charge is 0.306 e. The van der Waals surface area contributed by atoms with Crippen LogP contribution in [0.25, 0.3) is 0 Å². The normalized spacial score (nSPS) is 18.5. The summed E-state index contributed by atoms with van der Waals surface area (Å²) in [7, 11) is 0. The van der Waals surface area contributed by atoms with Crippen molar-refractivity contribution >= 4 is 5.97 Å². The molecular formula is C16H22O4. The van der Waals surface area contributed by atoms with E-state index in [1.54, 1.807) is 0 Å². The van der Waals surface area contributed by atoms with Crippen LogP contribution >= 0.6 is 0 Å². The lowest BCUT2D eigenvalue weighted by atomic mass is 10.1. The van der Waals surface area contributed by atoms with Crippen molar-refractivity contribution in [2.24, 2.45) is 0 Å². The second kappa shape index (κ2) is 8.59. The monoisotopic (exact) mass is 278 g/mol. The van der Waals surface area contributed by atoms with Gasteiger partial charge in [-0.05, 0) is 37.8 Å². The van der Waals surface area contributed by atoms with Crippen molar-refractivity contribution in [1.82, 2.24) is 0 Å². The summed E-state index contributed by atoms with van der Waals surface area (Å²) in [6, 6.07) is 9.59. The Morgan fingerprint density at radius 2 is 2.10 bits per heavy atom. The molecule has 1 aliphatic heterocycles. The van der Waals surface area contributed by atoms with Crippen LogP contribution in [0.4, 0.5) is 0 Å². The molecule has 4 heteroatoms. The van der Waals surface area contributed by atoms with Gasteiger partial charge in [0.15, 0.2) is 0 Å². The zero-order chi connectivity index (χ0) is 14.0. The molecule has 1 aliphatic rings. The van der Waals surface area contributed by atoms with Gasteiger partial charge in [0.2, 0.25) is 0 Å². The summed E-state index contributed by atoms with van der Waals surface area (Å²) in [5, 5.41) is 0. The first kappa shape index (κ1) is 14.9. The minimum atomic E-state index is -0.171. The lowest BCUT2D eigenvalue weighted by Crippen LogP contribution is -2.26. The van der Waals surface area contributed by atoms with E-state index < -0.39 is 0 Å². The molecule has 1 unspecified atom stereocenters. The second-order valence-corrected chi connectivity index (χ2v) is 4.94. The Kier molecular flexibility index (Phi) is 6.38. The Morgan fingerprint density at radius 3 is 2.85 bits per heavy atom. The minimum Gasteiger partial charge on any atom is -0.494 e. The molecule has 1 fully saturated rings. The van der Waals surface area contributed by atoms with E-state index in [0.29, 0.717) is 26.1 Å². The number of esters is 1. The van der Waals surface area contributed by atoms with Crippen LogP contribution in [0.2, 0.25) is 0 Å². The lowest BCUT2D eigenvalue weighted by molar-refractivity contribution is -0.149. The van der Waals surface area contributed by atoms with Crippen molar-refractivity contribution in [2.75, 3.05) is 19.8 Å². The fourth-order valence-corrected chi connectivity index (χ4v) is 2.12. The number of carbonyl (C=O) groups is 1. The molecule has 1 atom stereocenters. The average Bonchev–Trinajstić information content (AvgIpc) is 2.52. The predicted molar refractivity (Wildman–Crippen MR) is 75.7 cm³/mol. The van der Waals surface area contributed by atoms with E-state index in [0.717, 1.165) is 31.6 Å². The molecule has 0 N–H and O–H groups in total. The highest BCUT2D eigenvalue weighted by molar-refractivity contribution is 5.69. The highest BCUT2D eigenvalue weighted by Crippen LogP contribution is 2.13. The third kappa shape index (κ3) is 5.61. The van der Waals surface area contributed by atoms with Crippen LogP contribution in [0.1, 0.15) is 32.1 Å². The molecule has 0 aromatic heterocycles. The average molecular weight is 278 g/mol. The Morgan fingerprint density at radius 1 is 1.25 bits per heavy atom. The first-order valence-corrected chi connectivity index (χ1v) is 7.29. The number of para-hydroxylation sites is 1. The SMILES string of the molecule is O=C(CCCOc1ccccc1)OCC1CCCCO1. The predicted octanol–water partition coefficient (Wildman–Crippen LogP) is 2.96. The Balaban J connectivity index is 1.51. The topological polar surface area (TPSA) is 44.8 Å². The largest absolute Gasteiger partial charge is 0.494 e. The van der Waals surface area contributed by atoms with E-state index in [4.69, 9.17) is 14.2 Å². The van der Waals surface area contributed by atoms with Gasteiger partial charge in [-0.15, -0.1) is 0 Å². The Bertz CT molecular complexity index is 385. The molecule has 0 radical (unpaired) electrons. The molecular weight excluding hydrogens is 256 g/mol. The van der Waals surface area contributed by atoms with Crippen LogP contribution in [0, 0.1) is 0 Å². The quantitative estimate of drug-likeness (QED) is 0.568. The summed E-state index contributed by atoms with van der Waals surface area (Å²) in [6.45, 7) is 1.70. The number of ether oxygens (including phenoxy) is 3. The van der Waals surface area contributed by atoms with Gasteiger partial charge in [-0.2, -0.15) is 0 Å². The fourth-order valence-electron chi connectivity index (χ4n) is 2.12. The van der Waals surface area contributed by atoms with Crippen LogP contribution in [0.15, 0.2) is 30.3 Å². The molecule has 20 heavy (non-hydrogen) atoms. The molecule has 0 bridgehead atoms. The van der Waals surface area contributed by atoms with Crippen molar-refractivity contribution in [3.05, 3.63) is 30.3 Å². The molecule has 1 saturated heterocycles. The molecule has 0 aliphatic carbocycles. The highest BCUT2D eigenvalue weighted by Gasteiger charge is 2.15. The van der Waals surface area contributed by atoms with Gasteiger partial charge in [-0.1, -0.05) is 18.2 Å². The number of hydrogen-bond donors (Lipinski definition) is 0. The van der Waals surface area contributed by atoms with E-state index in [1.807, 2.05) is 30.3 Å². The van der Waals surface area contributed by atoms with Crippen LogP contribution in [0.5, 0.6) is 5.75 Å². The van der Waals surface area contributed by atoms with Crippen molar-refractivity contribution in [3.8, 4) is 5.75 Å². The number of carbonyl (C=O) groups excluding carboxylic acids is 1. The molecule has 0 spiro atoms. The first-order chi connectivity index (χ1) is 9.84. The maximum Gasteiger partial charge on any atom is 0.306 e. The van der Waals surface area contributed by atoms with E-state index in [9.17, 15) is 4.79 Å². The molecule has 0 amide bonds. The lowest BCUT2D eigenvalue weighted by Gasteiger charge is -2.22. The van der Waals surface area contributed by atoms with Crippen LogP contribution in [-0.4, -0.2) is 31.9 Å². The van der Waals surface area contributed by atoms with Crippen molar-refractivity contribution in [1.29, 1.82) is 0 Å². The molecule has 1 aromatic rings. The molecule has 1 heterocycles. The van der Waals surface area contributed by atoms with Gasteiger partial charge >= 0.3 is 5.97 Å². The van der Waals surface area contributed by atoms with E-state index in [1.165, 1.54) is 0 Å². The second-order valence-electron chi connectivity index (χ2n) is 4.94. The fraction of sp³-hybridized carbons (Fsp3) is 0.562. The third-order valence-electron chi connectivity index (χ3n) is 3.24. The first-order valence-electron chi connectivity index (χ1n) is 7.29. The van der Waals surface area contributed by atoms with Gasteiger partial charge in [0.25, 0.3) is 0 Å². The number of rotatable bonds is 7. The summed E-state index contributed by atoms with van der Waals surface area (Å²) in [6.07, 6.45) is 4.41. The zero-order valence-electron chi connectivity index (χ0n) is 11.8. The van der Waals surface area contributed by atoms with Gasteiger partial charge in [-0.3, -0.25) is 4.79 Å². The molecule has 4 nitrogen and oxygen atoms in total. The molecule has 110 valence electrons. The van der Waals surface area contributed by atoms with Crippen molar-refractivity contribution in [2.45, 2.75) is 38.2 Å². The van der Waals surface area contributed by atoms with E-state index in [-0.39, 0.29) is 12.1 Å². The highest BCUT2D eigenvalue weighted by atomic mass is 16.6. The summed E-state index contributed by atoms with van der Waals surface area (Å²) in [4.78, 5) is 11.6. The summed E-state index contributed by atoms with van der Waals surface area (Å²) >= 11 is 0. The Labute approximate surface area is 120 Å². The maximum atomic E-state index is 11.6. The summed E-state index contributed by atoms with van der Waals surface area (Å²) in [5.41, 5.74) is 0. The van der Waals surface area contributed by atoms with Gasteiger partial charge in [0, 0.05) is 13.0 Å². The number of hydrogen-bond acceptors (Lipinski definition) is 4. The van der Waals surface area contributed by atoms with E-state index in [2.05, 4.69) is 0 Å². The van der Waals surface area contributed by atoms with Gasteiger partial charge in [0.05, 0.1) is 12.7 Å². The van der Waals surface area contributed by atoms with Gasteiger partial charge < -0.3 is 14.2 Å². The van der Waals surface area contributed by atoms with Gasteiger partial charge in [0.1, 0.15) is 12.4 Å². The summed E-state index contributed by atoms with van der Waals surface area (Å²) < 4.78 is 16.2. The minimum absolute atomic E-state index is 0.0910. The molecule has 2 rings (SSSR count). The zero-order valence-corrected chi connectivity index (χ0v) is 11.8. The summed E-state index contributed by atoms with van der Waals surface area (Å²) in [5.74, 6) is 0.660. The van der Waals surface area contributed by atoms with Gasteiger partial charge in [-0.25, -0.2) is 0 Å². The third-order valence-corrected chi connectivity index (χ3v) is 3.24. The van der Waals surface area contributed by atoms with Crippen LogP contribution in [0.3, 0.4) is 0 Å². The van der Waals surface area contributed by atoms with E-state index >= 15 is 0 Å². The van der Waals surface area contributed by atoms with Crippen molar-refractivity contribution < 1.29 is 19.0 Å². The maximum absolute atomic E-state index is 11.6. The van der Waals surface area contributed by atoms with Crippen molar-refractivity contribution in [3.63, 3.8) is 0 Å². The number of benzene rings is 1. The van der Waals surface area contributed by atoms with Crippen LogP contribution in [-0.2, 0) is 14.3 Å². The Hall–Kier alpha value is -1.55. The molecule has 1 aromatic carbocycles.